The molecule has 0 N–H and O–H groups in total. The molecule has 35 heavy (non-hydrogen) atoms. The Labute approximate surface area is 203 Å². The highest BCUT2D eigenvalue weighted by Crippen LogP contribution is 2.09. The average molecular weight is 470 g/mol. The molecular formula is C28H27N3O4. The number of aryl methyl sites for hydroxylation is 1. The second kappa shape index (κ2) is 11.7. The fourth-order valence-corrected chi connectivity index (χ4v) is 3.79. The molecule has 0 atom stereocenters. The Bertz CT molecular complexity index is 1340. The van der Waals surface area contributed by atoms with E-state index in [-0.39, 0.29) is 31.0 Å². The molecule has 0 bridgehead atoms. The van der Waals surface area contributed by atoms with E-state index in [9.17, 15) is 14.4 Å². The lowest BCUT2D eigenvalue weighted by molar-refractivity contribution is -0.152. The Hall–Kier alpha value is -4.26. The van der Waals surface area contributed by atoms with E-state index in [1.807, 2.05) is 66.7 Å². The summed E-state index contributed by atoms with van der Waals surface area (Å²) >= 11 is 0. The molecule has 0 radical (unpaired) electrons. The fourth-order valence-electron chi connectivity index (χ4n) is 3.79. The summed E-state index contributed by atoms with van der Waals surface area (Å²) in [5.74, 6) is -0.802. The third-order valence-corrected chi connectivity index (χ3v) is 5.73. The van der Waals surface area contributed by atoms with Gasteiger partial charge in [0, 0.05) is 19.6 Å². The SMILES string of the molecule is O=C(CCn1cnc2ccccc2c1=O)OCC(=O)N(CCc1ccccc1)Cc1ccccc1. The van der Waals surface area contributed by atoms with Crippen molar-refractivity contribution in [1.82, 2.24) is 14.5 Å². The standard InChI is InChI=1S/C28H27N3O4/c32-26(30(19-23-11-5-2-6-12-23)17-15-22-9-3-1-4-10-22)20-35-27(33)16-18-31-21-29-25-14-8-7-13-24(25)28(31)34/h1-14,21H,15-20H2. The second-order valence-electron chi connectivity index (χ2n) is 8.21. The first-order chi connectivity index (χ1) is 17.1. The van der Waals surface area contributed by atoms with Gasteiger partial charge in [0.15, 0.2) is 6.61 Å². The molecule has 0 aliphatic rings. The molecular weight excluding hydrogens is 442 g/mol. The highest BCUT2D eigenvalue weighted by molar-refractivity contribution is 5.80. The minimum absolute atomic E-state index is 0.0318. The van der Waals surface area contributed by atoms with Crippen molar-refractivity contribution in [3.63, 3.8) is 0 Å². The molecule has 0 aliphatic heterocycles. The first kappa shape index (κ1) is 23.9. The highest BCUT2D eigenvalue weighted by Gasteiger charge is 2.17. The number of hydrogen-bond donors (Lipinski definition) is 0. The number of esters is 1. The number of ether oxygens (including phenoxy) is 1. The largest absolute Gasteiger partial charge is 0.456 e. The Kier molecular flexibility index (Phi) is 8.01. The number of aromatic nitrogens is 2. The van der Waals surface area contributed by atoms with Gasteiger partial charge in [0.1, 0.15) is 0 Å². The predicted molar refractivity (Wildman–Crippen MR) is 134 cm³/mol. The van der Waals surface area contributed by atoms with E-state index >= 15 is 0 Å². The van der Waals surface area contributed by atoms with Crippen LogP contribution in [0, 0.1) is 0 Å². The van der Waals surface area contributed by atoms with Crippen molar-refractivity contribution in [2.45, 2.75) is 25.9 Å². The van der Waals surface area contributed by atoms with Crippen molar-refractivity contribution in [1.29, 1.82) is 0 Å². The van der Waals surface area contributed by atoms with Gasteiger partial charge in [-0.25, -0.2) is 4.98 Å². The van der Waals surface area contributed by atoms with Crippen LogP contribution in [0.4, 0.5) is 0 Å². The molecule has 0 saturated carbocycles. The van der Waals surface area contributed by atoms with E-state index in [1.165, 1.54) is 10.9 Å². The van der Waals surface area contributed by atoms with Crippen molar-refractivity contribution < 1.29 is 14.3 Å². The zero-order valence-corrected chi connectivity index (χ0v) is 19.4. The quantitative estimate of drug-likeness (QED) is 0.332. The summed E-state index contributed by atoms with van der Waals surface area (Å²) in [7, 11) is 0. The van der Waals surface area contributed by atoms with Crippen LogP contribution >= 0.6 is 0 Å². The number of nitrogens with zero attached hydrogens (tertiary/aromatic N) is 3. The summed E-state index contributed by atoms with van der Waals surface area (Å²) in [5.41, 5.74) is 2.53. The van der Waals surface area contributed by atoms with Gasteiger partial charge >= 0.3 is 5.97 Å². The number of amides is 1. The molecule has 3 aromatic carbocycles. The van der Waals surface area contributed by atoms with Gasteiger partial charge in [-0.2, -0.15) is 0 Å². The van der Waals surface area contributed by atoms with Gasteiger partial charge in [-0.15, -0.1) is 0 Å². The number of fused-ring (bicyclic) bond motifs is 1. The van der Waals surface area contributed by atoms with Gasteiger partial charge in [0.05, 0.1) is 23.7 Å². The number of rotatable bonds is 10. The van der Waals surface area contributed by atoms with Crippen molar-refractivity contribution in [2.24, 2.45) is 0 Å². The zero-order chi connectivity index (χ0) is 24.5. The molecule has 7 heteroatoms. The monoisotopic (exact) mass is 469 g/mol. The third kappa shape index (κ3) is 6.63. The maximum Gasteiger partial charge on any atom is 0.308 e. The first-order valence-corrected chi connectivity index (χ1v) is 11.6. The number of carbonyl (C=O) groups excluding carboxylic acids is 2. The van der Waals surface area contributed by atoms with Crippen molar-refractivity contribution in [3.8, 4) is 0 Å². The summed E-state index contributed by atoms with van der Waals surface area (Å²) in [6.07, 6.45) is 2.09. The Morgan fingerprint density at radius 2 is 1.51 bits per heavy atom. The molecule has 0 unspecified atom stereocenters. The fraction of sp³-hybridized carbons (Fsp3) is 0.214. The molecule has 0 fully saturated rings. The van der Waals surface area contributed by atoms with E-state index in [0.29, 0.717) is 30.4 Å². The van der Waals surface area contributed by atoms with Crippen LogP contribution in [0.25, 0.3) is 10.9 Å². The van der Waals surface area contributed by atoms with Gasteiger partial charge in [-0.1, -0.05) is 72.8 Å². The summed E-state index contributed by atoms with van der Waals surface area (Å²) in [4.78, 5) is 43.8. The van der Waals surface area contributed by atoms with Gasteiger partial charge in [0.25, 0.3) is 11.5 Å². The van der Waals surface area contributed by atoms with E-state index < -0.39 is 5.97 Å². The van der Waals surface area contributed by atoms with Crippen LogP contribution in [0.5, 0.6) is 0 Å². The van der Waals surface area contributed by atoms with Crippen LogP contribution in [0.2, 0.25) is 0 Å². The highest BCUT2D eigenvalue weighted by atomic mass is 16.5. The molecule has 178 valence electrons. The molecule has 1 aromatic heterocycles. The van der Waals surface area contributed by atoms with Gasteiger partial charge in [-0.05, 0) is 29.7 Å². The topological polar surface area (TPSA) is 81.5 Å². The molecule has 0 spiro atoms. The Balaban J connectivity index is 1.33. The van der Waals surface area contributed by atoms with E-state index in [1.54, 1.807) is 23.1 Å². The van der Waals surface area contributed by atoms with Crippen molar-refractivity contribution >= 4 is 22.8 Å². The maximum atomic E-state index is 12.9. The second-order valence-corrected chi connectivity index (χ2v) is 8.21. The molecule has 1 amide bonds. The van der Waals surface area contributed by atoms with Crippen molar-refractivity contribution in [3.05, 3.63) is 113 Å². The predicted octanol–water partition coefficient (Wildman–Crippen LogP) is 3.60. The Morgan fingerprint density at radius 1 is 0.857 bits per heavy atom. The van der Waals surface area contributed by atoms with Crippen LogP contribution in [-0.2, 0) is 33.8 Å². The summed E-state index contributed by atoms with van der Waals surface area (Å²) in [6.45, 7) is 0.729. The number of carbonyl (C=O) groups is 2. The summed E-state index contributed by atoms with van der Waals surface area (Å²) in [5, 5.41) is 0.494. The zero-order valence-electron chi connectivity index (χ0n) is 19.4. The van der Waals surface area contributed by atoms with E-state index in [0.717, 1.165) is 11.1 Å². The van der Waals surface area contributed by atoms with E-state index in [2.05, 4.69) is 4.98 Å². The molecule has 0 aliphatic carbocycles. The summed E-state index contributed by atoms with van der Waals surface area (Å²) in [6, 6.07) is 26.7. The molecule has 1 heterocycles. The van der Waals surface area contributed by atoms with Crippen LogP contribution in [0.3, 0.4) is 0 Å². The van der Waals surface area contributed by atoms with Gasteiger partial charge < -0.3 is 9.64 Å². The van der Waals surface area contributed by atoms with Gasteiger partial charge in [-0.3, -0.25) is 19.0 Å². The summed E-state index contributed by atoms with van der Waals surface area (Å²) < 4.78 is 6.64. The lowest BCUT2D eigenvalue weighted by atomic mass is 10.1. The average Bonchev–Trinajstić information content (AvgIpc) is 2.90. The minimum Gasteiger partial charge on any atom is -0.456 e. The van der Waals surface area contributed by atoms with Crippen molar-refractivity contribution in [2.75, 3.05) is 13.2 Å². The number of benzene rings is 3. The maximum absolute atomic E-state index is 12.9. The first-order valence-electron chi connectivity index (χ1n) is 11.6. The minimum atomic E-state index is -0.541. The molecule has 4 rings (SSSR count). The molecule has 4 aromatic rings. The lowest BCUT2D eigenvalue weighted by Crippen LogP contribution is -2.36. The normalized spacial score (nSPS) is 10.7. The lowest BCUT2D eigenvalue weighted by Gasteiger charge is -2.23. The molecule has 7 nitrogen and oxygen atoms in total. The van der Waals surface area contributed by atoms with E-state index in [4.69, 9.17) is 4.74 Å². The number of para-hydroxylation sites is 1. The van der Waals surface area contributed by atoms with Crippen LogP contribution in [-0.4, -0.2) is 39.5 Å². The third-order valence-electron chi connectivity index (χ3n) is 5.73. The van der Waals surface area contributed by atoms with Crippen LogP contribution in [0.1, 0.15) is 17.5 Å². The number of hydrogen-bond acceptors (Lipinski definition) is 5. The smallest absolute Gasteiger partial charge is 0.308 e. The molecule has 0 saturated heterocycles. The van der Waals surface area contributed by atoms with Crippen LogP contribution < -0.4 is 5.56 Å². The van der Waals surface area contributed by atoms with Crippen LogP contribution in [0.15, 0.2) is 96.1 Å². The van der Waals surface area contributed by atoms with Gasteiger partial charge in [0.2, 0.25) is 0 Å². The Morgan fingerprint density at radius 3 is 2.26 bits per heavy atom.